The Balaban J connectivity index is 1.59. The molecule has 1 aliphatic heterocycles. The summed E-state index contributed by atoms with van der Waals surface area (Å²) in [5.41, 5.74) is 2.25. The number of benzene rings is 2. The second-order valence-electron chi connectivity index (χ2n) is 7.22. The molecule has 29 heavy (non-hydrogen) atoms. The molecule has 1 N–H and O–H groups in total. The molecule has 7 heteroatoms. The van der Waals surface area contributed by atoms with Crippen molar-refractivity contribution < 1.29 is 14.4 Å². The van der Waals surface area contributed by atoms with Gasteiger partial charge in [-0.05, 0) is 48.2 Å². The van der Waals surface area contributed by atoms with Gasteiger partial charge in [0.2, 0.25) is 11.8 Å². The van der Waals surface area contributed by atoms with Crippen LogP contribution in [-0.4, -0.2) is 49.5 Å². The number of rotatable bonds is 6. The fourth-order valence-corrected chi connectivity index (χ4v) is 3.71. The molecule has 0 aliphatic carbocycles. The first-order chi connectivity index (χ1) is 13.9. The minimum Gasteiger partial charge on any atom is -0.352 e. The SMILES string of the molecule is CSc1ccc(N2CC(C(=O)NCc3cccc(C(=O)N(C)C)c3)CC2=O)cc1. The van der Waals surface area contributed by atoms with E-state index in [1.807, 2.05) is 36.6 Å². The Kier molecular flexibility index (Phi) is 6.59. The maximum absolute atomic E-state index is 12.6. The molecule has 152 valence electrons. The molecular formula is C22H25N3O3S. The number of anilines is 1. The molecule has 1 fully saturated rings. The van der Waals surface area contributed by atoms with Crippen molar-refractivity contribution in [3.8, 4) is 0 Å². The van der Waals surface area contributed by atoms with Gasteiger partial charge < -0.3 is 15.1 Å². The number of carbonyl (C=O) groups excluding carboxylic acids is 3. The number of thioether (sulfide) groups is 1. The Hall–Kier alpha value is -2.80. The molecule has 3 amide bonds. The third-order valence-corrected chi connectivity index (χ3v) is 5.67. The molecule has 1 aliphatic rings. The predicted octanol–water partition coefficient (Wildman–Crippen LogP) is 2.78. The predicted molar refractivity (Wildman–Crippen MR) is 115 cm³/mol. The van der Waals surface area contributed by atoms with Gasteiger partial charge >= 0.3 is 0 Å². The number of carbonyl (C=O) groups is 3. The highest BCUT2D eigenvalue weighted by atomic mass is 32.2. The zero-order chi connectivity index (χ0) is 21.0. The Morgan fingerprint density at radius 3 is 2.55 bits per heavy atom. The zero-order valence-electron chi connectivity index (χ0n) is 16.8. The fourth-order valence-electron chi connectivity index (χ4n) is 3.30. The first kappa shape index (κ1) is 20.9. The second-order valence-corrected chi connectivity index (χ2v) is 8.10. The van der Waals surface area contributed by atoms with Crippen molar-refractivity contribution in [2.75, 3.05) is 31.8 Å². The van der Waals surface area contributed by atoms with Crippen LogP contribution >= 0.6 is 11.8 Å². The summed E-state index contributed by atoms with van der Waals surface area (Å²) in [6.45, 7) is 0.697. The summed E-state index contributed by atoms with van der Waals surface area (Å²) in [5.74, 6) is -0.649. The van der Waals surface area contributed by atoms with Crippen LogP contribution in [0.15, 0.2) is 53.4 Å². The van der Waals surface area contributed by atoms with E-state index in [1.165, 1.54) is 4.90 Å². The minimum absolute atomic E-state index is 0.0411. The minimum atomic E-state index is -0.380. The largest absolute Gasteiger partial charge is 0.352 e. The highest BCUT2D eigenvalue weighted by Crippen LogP contribution is 2.27. The lowest BCUT2D eigenvalue weighted by atomic mass is 10.1. The van der Waals surface area contributed by atoms with E-state index in [1.54, 1.807) is 49.0 Å². The lowest BCUT2D eigenvalue weighted by Gasteiger charge is -2.17. The van der Waals surface area contributed by atoms with Gasteiger partial charge in [-0.1, -0.05) is 12.1 Å². The molecule has 1 heterocycles. The van der Waals surface area contributed by atoms with Gasteiger partial charge in [-0.3, -0.25) is 14.4 Å². The normalized spacial score (nSPS) is 16.0. The van der Waals surface area contributed by atoms with Gasteiger partial charge in [0.05, 0.1) is 5.92 Å². The third kappa shape index (κ3) is 4.98. The van der Waals surface area contributed by atoms with Gasteiger partial charge in [-0.2, -0.15) is 0 Å². The van der Waals surface area contributed by atoms with Gasteiger partial charge in [0.15, 0.2) is 0 Å². The van der Waals surface area contributed by atoms with Crippen LogP contribution in [-0.2, 0) is 16.1 Å². The van der Waals surface area contributed by atoms with Crippen molar-refractivity contribution in [3.63, 3.8) is 0 Å². The van der Waals surface area contributed by atoms with E-state index in [4.69, 9.17) is 0 Å². The van der Waals surface area contributed by atoms with Crippen LogP contribution < -0.4 is 10.2 Å². The third-order valence-electron chi connectivity index (χ3n) is 4.93. The molecule has 6 nitrogen and oxygen atoms in total. The summed E-state index contributed by atoms with van der Waals surface area (Å²) in [4.78, 5) is 41.4. The highest BCUT2D eigenvalue weighted by Gasteiger charge is 2.35. The van der Waals surface area contributed by atoms with E-state index in [2.05, 4.69) is 5.32 Å². The molecule has 0 spiro atoms. The second kappa shape index (κ2) is 9.13. The summed E-state index contributed by atoms with van der Waals surface area (Å²) >= 11 is 1.64. The molecular weight excluding hydrogens is 386 g/mol. The van der Waals surface area contributed by atoms with Gasteiger partial charge in [-0.15, -0.1) is 11.8 Å². The number of nitrogens with zero attached hydrogens (tertiary/aromatic N) is 2. The van der Waals surface area contributed by atoms with Crippen molar-refractivity contribution in [3.05, 3.63) is 59.7 Å². The van der Waals surface area contributed by atoms with E-state index in [0.29, 0.717) is 18.7 Å². The smallest absolute Gasteiger partial charge is 0.253 e. The molecule has 0 bridgehead atoms. The molecule has 1 saturated heterocycles. The Morgan fingerprint density at radius 1 is 1.17 bits per heavy atom. The van der Waals surface area contributed by atoms with Crippen molar-refractivity contribution in [1.82, 2.24) is 10.2 Å². The van der Waals surface area contributed by atoms with Crippen LogP contribution in [0.2, 0.25) is 0 Å². The standard InChI is InChI=1S/C22H25N3O3S/c1-24(2)22(28)16-6-4-5-15(11-16)13-23-21(27)17-12-20(26)25(14-17)18-7-9-19(29-3)10-8-18/h4-11,17H,12-14H2,1-3H3,(H,23,27). The summed E-state index contributed by atoms with van der Waals surface area (Å²) < 4.78 is 0. The highest BCUT2D eigenvalue weighted by molar-refractivity contribution is 7.98. The number of amides is 3. The lowest BCUT2D eigenvalue weighted by Crippen LogP contribution is -2.32. The molecule has 0 radical (unpaired) electrons. The Bertz CT molecular complexity index is 912. The Morgan fingerprint density at radius 2 is 1.90 bits per heavy atom. The average Bonchev–Trinajstić information content (AvgIpc) is 3.13. The van der Waals surface area contributed by atoms with Crippen molar-refractivity contribution >= 4 is 35.2 Å². The molecule has 1 unspecified atom stereocenters. The summed E-state index contributed by atoms with van der Waals surface area (Å²) in [5, 5.41) is 2.90. The molecule has 0 saturated carbocycles. The summed E-state index contributed by atoms with van der Waals surface area (Å²) in [6, 6.07) is 15.0. The van der Waals surface area contributed by atoms with Gasteiger partial charge in [0.1, 0.15) is 0 Å². The number of nitrogens with one attached hydrogen (secondary N) is 1. The molecule has 3 rings (SSSR count). The summed E-state index contributed by atoms with van der Waals surface area (Å²) in [6.07, 6.45) is 2.21. The van der Waals surface area contributed by atoms with Crippen molar-refractivity contribution in [2.45, 2.75) is 17.9 Å². The first-order valence-corrected chi connectivity index (χ1v) is 10.6. The van der Waals surface area contributed by atoms with E-state index in [-0.39, 0.29) is 30.1 Å². The first-order valence-electron chi connectivity index (χ1n) is 9.41. The fraction of sp³-hybridized carbons (Fsp3) is 0.318. The van der Waals surface area contributed by atoms with Crippen LogP contribution in [0.1, 0.15) is 22.3 Å². The van der Waals surface area contributed by atoms with E-state index >= 15 is 0 Å². The van der Waals surface area contributed by atoms with Gasteiger partial charge in [0, 0.05) is 49.8 Å². The Labute approximate surface area is 175 Å². The topological polar surface area (TPSA) is 69.7 Å². The zero-order valence-corrected chi connectivity index (χ0v) is 17.7. The monoisotopic (exact) mass is 411 g/mol. The van der Waals surface area contributed by atoms with Crippen LogP contribution in [0.5, 0.6) is 0 Å². The maximum atomic E-state index is 12.6. The molecule has 0 aromatic heterocycles. The molecule has 2 aromatic carbocycles. The molecule has 2 aromatic rings. The maximum Gasteiger partial charge on any atom is 0.253 e. The van der Waals surface area contributed by atoms with Crippen LogP contribution in [0.3, 0.4) is 0 Å². The lowest BCUT2D eigenvalue weighted by molar-refractivity contribution is -0.126. The van der Waals surface area contributed by atoms with Gasteiger partial charge in [-0.25, -0.2) is 0 Å². The number of hydrogen-bond acceptors (Lipinski definition) is 4. The van der Waals surface area contributed by atoms with E-state index in [9.17, 15) is 14.4 Å². The van der Waals surface area contributed by atoms with Crippen molar-refractivity contribution in [1.29, 1.82) is 0 Å². The van der Waals surface area contributed by atoms with Crippen molar-refractivity contribution in [2.24, 2.45) is 5.92 Å². The van der Waals surface area contributed by atoms with Gasteiger partial charge in [0.25, 0.3) is 5.91 Å². The average molecular weight is 412 g/mol. The summed E-state index contributed by atoms with van der Waals surface area (Å²) in [7, 11) is 3.41. The van der Waals surface area contributed by atoms with Crippen LogP contribution in [0, 0.1) is 5.92 Å². The molecule has 1 atom stereocenters. The van der Waals surface area contributed by atoms with Crippen LogP contribution in [0.25, 0.3) is 0 Å². The van der Waals surface area contributed by atoms with Crippen LogP contribution in [0.4, 0.5) is 5.69 Å². The van der Waals surface area contributed by atoms with E-state index < -0.39 is 0 Å². The van der Waals surface area contributed by atoms with E-state index in [0.717, 1.165) is 16.1 Å². The number of hydrogen-bond donors (Lipinski definition) is 1. The quantitative estimate of drug-likeness (QED) is 0.742.